The molecular formula is C14H16BrNO3. The average molecular weight is 326 g/mol. The molecule has 2 rings (SSSR count). The third-order valence-electron chi connectivity index (χ3n) is 3.07. The van der Waals surface area contributed by atoms with Crippen LogP contribution in [0, 0.1) is 11.3 Å². The van der Waals surface area contributed by atoms with E-state index in [1.807, 2.05) is 0 Å². The number of rotatable bonds is 5. The molecule has 1 aliphatic rings. The van der Waals surface area contributed by atoms with E-state index >= 15 is 0 Å². The van der Waals surface area contributed by atoms with Gasteiger partial charge < -0.3 is 14.2 Å². The van der Waals surface area contributed by atoms with E-state index in [1.54, 1.807) is 19.2 Å². The average Bonchev–Trinajstić information content (AvgIpc) is 2.93. The molecular weight excluding hydrogens is 310 g/mol. The molecule has 1 atom stereocenters. The summed E-state index contributed by atoms with van der Waals surface area (Å²) in [6.45, 7) is 1.43. The molecule has 0 spiro atoms. The van der Waals surface area contributed by atoms with Crippen LogP contribution in [0.3, 0.4) is 0 Å². The summed E-state index contributed by atoms with van der Waals surface area (Å²) in [5.74, 6) is 1.21. The topological polar surface area (TPSA) is 51.5 Å². The minimum absolute atomic E-state index is 0.308. The minimum atomic E-state index is 0.308. The van der Waals surface area contributed by atoms with Crippen molar-refractivity contribution in [2.75, 3.05) is 20.3 Å². The van der Waals surface area contributed by atoms with Gasteiger partial charge in [0.05, 0.1) is 35.9 Å². The Balaban J connectivity index is 2.00. The Kier molecular flexibility index (Phi) is 5.06. The first kappa shape index (κ1) is 14.2. The second-order valence-electron chi connectivity index (χ2n) is 4.37. The van der Waals surface area contributed by atoms with E-state index in [4.69, 9.17) is 19.5 Å². The zero-order chi connectivity index (χ0) is 13.7. The first-order valence-corrected chi connectivity index (χ1v) is 7.06. The maximum absolute atomic E-state index is 8.91. The molecule has 4 nitrogen and oxygen atoms in total. The fraction of sp³-hybridized carbons (Fsp3) is 0.500. The lowest BCUT2D eigenvalue weighted by atomic mass is 10.2. The number of nitriles is 1. The van der Waals surface area contributed by atoms with Crippen LogP contribution in [0.25, 0.3) is 0 Å². The van der Waals surface area contributed by atoms with Crippen molar-refractivity contribution in [2.45, 2.75) is 25.4 Å². The van der Waals surface area contributed by atoms with Crippen molar-refractivity contribution in [1.82, 2.24) is 0 Å². The highest BCUT2D eigenvalue weighted by atomic mass is 79.9. The van der Waals surface area contributed by atoms with Gasteiger partial charge in [-0.3, -0.25) is 0 Å². The van der Waals surface area contributed by atoms with Crippen LogP contribution in [-0.4, -0.2) is 26.4 Å². The summed E-state index contributed by atoms with van der Waals surface area (Å²) >= 11 is 3.41. The van der Waals surface area contributed by atoms with Crippen molar-refractivity contribution < 1.29 is 14.2 Å². The van der Waals surface area contributed by atoms with Crippen molar-refractivity contribution in [3.05, 3.63) is 22.2 Å². The lowest BCUT2D eigenvalue weighted by Crippen LogP contribution is -2.11. The van der Waals surface area contributed by atoms with Crippen LogP contribution in [-0.2, 0) is 4.74 Å². The molecule has 0 bridgehead atoms. The number of nitrogens with zero attached hydrogens (tertiary/aromatic N) is 1. The van der Waals surface area contributed by atoms with Crippen molar-refractivity contribution in [2.24, 2.45) is 0 Å². The molecule has 0 aliphatic carbocycles. The van der Waals surface area contributed by atoms with Gasteiger partial charge in [-0.15, -0.1) is 0 Å². The number of hydrogen-bond acceptors (Lipinski definition) is 4. The Morgan fingerprint density at radius 2 is 2.37 bits per heavy atom. The van der Waals surface area contributed by atoms with E-state index in [9.17, 15) is 0 Å². The molecule has 1 aromatic carbocycles. The molecule has 0 saturated carbocycles. The highest BCUT2D eigenvalue weighted by molar-refractivity contribution is 9.10. The molecule has 0 N–H and O–H groups in total. The van der Waals surface area contributed by atoms with Gasteiger partial charge in [0, 0.05) is 19.1 Å². The van der Waals surface area contributed by atoms with Crippen LogP contribution >= 0.6 is 15.9 Å². The van der Waals surface area contributed by atoms with Crippen LogP contribution in [0.15, 0.2) is 16.6 Å². The lowest BCUT2D eigenvalue weighted by Gasteiger charge is -2.14. The predicted molar refractivity (Wildman–Crippen MR) is 74.5 cm³/mol. The van der Waals surface area contributed by atoms with E-state index < -0.39 is 0 Å². The van der Waals surface area contributed by atoms with E-state index in [-0.39, 0.29) is 0 Å². The van der Waals surface area contributed by atoms with Crippen molar-refractivity contribution in [1.29, 1.82) is 5.26 Å². The summed E-state index contributed by atoms with van der Waals surface area (Å²) in [6, 6.07) is 5.48. The zero-order valence-electron chi connectivity index (χ0n) is 10.8. The summed E-state index contributed by atoms with van der Waals surface area (Å²) in [5, 5.41) is 8.91. The number of hydrogen-bond donors (Lipinski definition) is 0. The highest BCUT2D eigenvalue weighted by Gasteiger charge is 2.17. The van der Waals surface area contributed by atoms with Crippen LogP contribution in [0.2, 0.25) is 0 Å². The van der Waals surface area contributed by atoms with Crippen LogP contribution < -0.4 is 9.47 Å². The molecule has 0 radical (unpaired) electrons. The monoisotopic (exact) mass is 325 g/mol. The number of methoxy groups -OCH3 is 1. The predicted octanol–water partition coefficient (Wildman–Crippen LogP) is 3.28. The molecule has 1 fully saturated rings. The largest absolute Gasteiger partial charge is 0.493 e. The van der Waals surface area contributed by atoms with Crippen molar-refractivity contribution >= 4 is 15.9 Å². The van der Waals surface area contributed by atoms with E-state index in [1.165, 1.54) is 0 Å². The Hall–Kier alpha value is -1.25. The highest BCUT2D eigenvalue weighted by Crippen LogP contribution is 2.36. The zero-order valence-corrected chi connectivity index (χ0v) is 12.4. The fourth-order valence-electron chi connectivity index (χ4n) is 2.09. The maximum atomic E-state index is 8.91. The van der Waals surface area contributed by atoms with Crippen molar-refractivity contribution in [3.8, 4) is 17.6 Å². The van der Waals surface area contributed by atoms with Crippen LogP contribution in [0.4, 0.5) is 0 Å². The SMILES string of the molecule is COc1cc(C#N)cc(Br)c1OCCC1CCCO1. The molecule has 0 amide bonds. The lowest BCUT2D eigenvalue weighted by molar-refractivity contribution is 0.0897. The summed E-state index contributed by atoms with van der Waals surface area (Å²) in [5.41, 5.74) is 0.537. The fourth-order valence-corrected chi connectivity index (χ4v) is 2.65. The summed E-state index contributed by atoms with van der Waals surface area (Å²) < 4.78 is 17.3. The minimum Gasteiger partial charge on any atom is -0.493 e. The first-order valence-electron chi connectivity index (χ1n) is 6.26. The van der Waals surface area contributed by atoms with Gasteiger partial charge in [-0.25, -0.2) is 0 Å². The molecule has 19 heavy (non-hydrogen) atoms. The molecule has 1 saturated heterocycles. The van der Waals surface area contributed by atoms with Crippen LogP contribution in [0.1, 0.15) is 24.8 Å². The molecule has 1 aromatic rings. The quantitative estimate of drug-likeness (QED) is 0.833. The Morgan fingerprint density at radius 3 is 3.00 bits per heavy atom. The number of ether oxygens (including phenoxy) is 3. The van der Waals surface area contributed by atoms with Gasteiger partial charge in [0.1, 0.15) is 0 Å². The van der Waals surface area contributed by atoms with Crippen molar-refractivity contribution in [3.63, 3.8) is 0 Å². The van der Waals surface area contributed by atoms with Gasteiger partial charge >= 0.3 is 0 Å². The van der Waals surface area contributed by atoms with Gasteiger partial charge in [-0.05, 0) is 34.8 Å². The standard InChI is InChI=1S/C14H16BrNO3/c1-17-13-8-10(9-16)7-12(15)14(13)19-6-4-11-3-2-5-18-11/h7-8,11H,2-6H2,1H3. The summed E-state index contributed by atoms with van der Waals surface area (Å²) in [6.07, 6.45) is 3.42. The molecule has 0 aromatic heterocycles. The van der Waals surface area contributed by atoms with Gasteiger partial charge in [0.15, 0.2) is 11.5 Å². The Morgan fingerprint density at radius 1 is 1.53 bits per heavy atom. The second-order valence-corrected chi connectivity index (χ2v) is 5.23. The Bertz CT molecular complexity index is 478. The third-order valence-corrected chi connectivity index (χ3v) is 3.66. The molecule has 102 valence electrons. The summed E-state index contributed by atoms with van der Waals surface area (Å²) in [7, 11) is 1.57. The molecule has 1 heterocycles. The molecule has 5 heteroatoms. The van der Waals surface area contributed by atoms with Crippen LogP contribution in [0.5, 0.6) is 11.5 Å². The molecule has 1 unspecified atom stereocenters. The number of benzene rings is 1. The molecule has 1 aliphatic heterocycles. The van der Waals surface area contributed by atoms with E-state index in [0.717, 1.165) is 30.3 Å². The normalized spacial score (nSPS) is 18.1. The van der Waals surface area contributed by atoms with E-state index in [0.29, 0.717) is 29.8 Å². The number of halogens is 1. The smallest absolute Gasteiger partial charge is 0.175 e. The van der Waals surface area contributed by atoms with Gasteiger partial charge in [-0.1, -0.05) is 0 Å². The van der Waals surface area contributed by atoms with Gasteiger partial charge in [-0.2, -0.15) is 5.26 Å². The summed E-state index contributed by atoms with van der Waals surface area (Å²) in [4.78, 5) is 0. The van der Waals surface area contributed by atoms with Gasteiger partial charge in [0.2, 0.25) is 0 Å². The van der Waals surface area contributed by atoms with E-state index in [2.05, 4.69) is 22.0 Å². The van der Waals surface area contributed by atoms with Gasteiger partial charge in [0.25, 0.3) is 0 Å². The maximum Gasteiger partial charge on any atom is 0.175 e. The first-order chi connectivity index (χ1) is 9.24. The third kappa shape index (κ3) is 3.62. The Labute approximate surface area is 121 Å². The second kappa shape index (κ2) is 6.78.